The summed E-state index contributed by atoms with van der Waals surface area (Å²) < 4.78 is 0.312. The maximum Gasteiger partial charge on any atom is 0.335 e. The van der Waals surface area contributed by atoms with Gasteiger partial charge in [-0.15, -0.1) is 0 Å². The number of carbonyl (C=O) groups excluding carboxylic acids is 2. The van der Waals surface area contributed by atoms with Crippen LogP contribution in [0.2, 0.25) is 0 Å². The first-order valence-electron chi connectivity index (χ1n) is 10.3. The highest BCUT2D eigenvalue weighted by atomic mass is 32.2. The molecule has 1 heterocycles. The van der Waals surface area contributed by atoms with Gasteiger partial charge in [-0.1, -0.05) is 23.9 Å². The normalized spacial score (nSPS) is 33.4. The van der Waals surface area contributed by atoms with Crippen molar-refractivity contribution in [1.29, 1.82) is 0 Å². The third-order valence-electron chi connectivity index (χ3n) is 6.98. The molecule has 5 aliphatic rings. The van der Waals surface area contributed by atoms with Gasteiger partial charge >= 0.3 is 5.97 Å². The molecule has 0 spiro atoms. The number of carbonyl (C=O) groups is 3. The van der Waals surface area contributed by atoms with Gasteiger partial charge in [-0.2, -0.15) is 5.01 Å². The quantitative estimate of drug-likeness (QED) is 0.544. The zero-order valence-corrected chi connectivity index (χ0v) is 17.9. The van der Waals surface area contributed by atoms with Crippen molar-refractivity contribution in [3.05, 3.63) is 40.3 Å². The monoisotopic (exact) mass is 442 g/mol. The van der Waals surface area contributed by atoms with E-state index < -0.39 is 5.97 Å². The average molecular weight is 443 g/mol. The first-order chi connectivity index (χ1) is 14.3. The highest BCUT2D eigenvalue weighted by molar-refractivity contribution is 8.26. The molecule has 2 amide bonds. The van der Waals surface area contributed by atoms with Crippen molar-refractivity contribution < 1.29 is 19.5 Å². The second-order valence-corrected chi connectivity index (χ2v) is 10.8. The summed E-state index contributed by atoms with van der Waals surface area (Å²) in [4.78, 5) is 37.6. The highest BCUT2D eigenvalue weighted by Crippen LogP contribution is 2.60. The van der Waals surface area contributed by atoms with Crippen LogP contribution in [0.3, 0.4) is 0 Å². The average Bonchev–Trinajstić information content (AvgIpc) is 2.94. The van der Waals surface area contributed by atoms with Crippen LogP contribution in [0, 0.1) is 23.2 Å². The van der Waals surface area contributed by atoms with Crippen molar-refractivity contribution in [2.75, 3.05) is 0 Å². The summed E-state index contributed by atoms with van der Waals surface area (Å²) in [5, 5.41) is 10.2. The number of hydrogen-bond acceptors (Lipinski definition) is 5. The van der Waals surface area contributed by atoms with Crippen LogP contribution in [0.15, 0.2) is 29.2 Å². The second-order valence-electron chi connectivity index (χ2n) is 9.08. The lowest BCUT2D eigenvalue weighted by molar-refractivity contribution is -0.152. The molecule has 30 heavy (non-hydrogen) atoms. The largest absolute Gasteiger partial charge is 0.478 e. The van der Waals surface area contributed by atoms with Crippen LogP contribution in [0.5, 0.6) is 0 Å². The number of carboxylic acids is 1. The molecule has 1 saturated heterocycles. The van der Waals surface area contributed by atoms with Crippen molar-refractivity contribution in [3.8, 4) is 0 Å². The van der Waals surface area contributed by atoms with Crippen LogP contribution in [0.4, 0.5) is 0 Å². The number of hydrazine groups is 1. The Labute approximate surface area is 184 Å². The third kappa shape index (κ3) is 3.36. The standard InChI is InChI=1S/C22H22N2O4S2/c25-18-17(8-12-1-3-16(4-2-12)19(26)27)30-21(29)24(18)23-20(28)22-9-13-5-14(10-22)7-15(6-13)11-22/h1-4,8,13-15H,5-7,9-11H2,(H,23,28)(H,26,27)/b17-8-. The van der Waals surface area contributed by atoms with E-state index in [9.17, 15) is 14.4 Å². The summed E-state index contributed by atoms with van der Waals surface area (Å²) in [5.41, 5.74) is 3.37. The molecule has 6 nitrogen and oxygen atoms in total. The first kappa shape index (κ1) is 19.8. The number of carboxylic acid groups (broad SMARTS) is 1. The number of rotatable bonds is 4. The molecule has 0 radical (unpaired) electrons. The molecule has 4 bridgehead atoms. The molecule has 0 atom stereocenters. The van der Waals surface area contributed by atoms with Gasteiger partial charge in [0.05, 0.1) is 15.9 Å². The first-order valence-corrected chi connectivity index (χ1v) is 11.5. The molecule has 4 aliphatic carbocycles. The number of amides is 2. The Bertz CT molecular complexity index is 950. The summed E-state index contributed by atoms with van der Waals surface area (Å²) in [6, 6.07) is 6.27. The van der Waals surface area contributed by atoms with Gasteiger partial charge in [0.15, 0.2) is 4.32 Å². The summed E-state index contributed by atoms with van der Waals surface area (Å²) in [7, 11) is 0. The minimum absolute atomic E-state index is 0.0649. The van der Waals surface area contributed by atoms with E-state index >= 15 is 0 Å². The van der Waals surface area contributed by atoms with Crippen molar-refractivity contribution in [2.45, 2.75) is 38.5 Å². The van der Waals surface area contributed by atoms with Crippen molar-refractivity contribution in [2.24, 2.45) is 23.2 Å². The molecule has 4 saturated carbocycles. The molecule has 5 fully saturated rings. The molecule has 1 aliphatic heterocycles. The maximum absolute atomic E-state index is 13.3. The van der Waals surface area contributed by atoms with Crippen LogP contribution >= 0.6 is 24.0 Å². The lowest BCUT2D eigenvalue weighted by Crippen LogP contribution is -2.57. The van der Waals surface area contributed by atoms with E-state index in [-0.39, 0.29) is 22.8 Å². The summed E-state index contributed by atoms with van der Waals surface area (Å²) in [6.45, 7) is 0. The summed E-state index contributed by atoms with van der Waals surface area (Å²) >= 11 is 6.51. The van der Waals surface area contributed by atoms with E-state index in [2.05, 4.69) is 5.43 Å². The molecule has 8 heteroatoms. The summed E-state index contributed by atoms with van der Waals surface area (Å²) in [5.74, 6) is 0.515. The Morgan fingerprint density at radius 3 is 2.20 bits per heavy atom. The van der Waals surface area contributed by atoms with E-state index in [1.54, 1.807) is 18.2 Å². The van der Waals surface area contributed by atoms with Gasteiger partial charge in [-0.3, -0.25) is 15.0 Å². The van der Waals surface area contributed by atoms with Gasteiger partial charge in [0.2, 0.25) is 5.91 Å². The van der Waals surface area contributed by atoms with Crippen LogP contribution in [-0.2, 0) is 9.59 Å². The van der Waals surface area contributed by atoms with Crippen LogP contribution in [-0.4, -0.2) is 32.2 Å². The molecule has 1 aromatic rings. The van der Waals surface area contributed by atoms with E-state index in [1.807, 2.05) is 0 Å². The Morgan fingerprint density at radius 1 is 1.10 bits per heavy atom. The van der Waals surface area contributed by atoms with E-state index in [0.29, 0.717) is 32.5 Å². The van der Waals surface area contributed by atoms with Gasteiger partial charge in [-0.05, 0) is 92.3 Å². The second kappa shape index (κ2) is 7.20. The smallest absolute Gasteiger partial charge is 0.335 e. The van der Waals surface area contributed by atoms with E-state index in [4.69, 9.17) is 17.3 Å². The number of aromatic carboxylic acids is 1. The molecule has 156 valence electrons. The van der Waals surface area contributed by atoms with Crippen molar-refractivity contribution in [3.63, 3.8) is 0 Å². The van der Waals surface area contributed by atoms with E-state index in [1.165, 1.54) is 36.4 Å². The Balaban J connectivity index is 1.31. The van der Waals surface area contributed by atoms with Gasteiger partial charge < -0.3 is 5.11 Å². The molecule has 0 aromatic heterocycles. The van der Waals surface area contributed by atoms with Crippen LogP contribution < -0.4 is 5.43 Å². The molecule has 6 rings (SSSR count). The fourth-order valence-corrected chi connectivity index (χ4v) is 7.23. The number of benzene rings is 1. The molecule has 2 N–H and O–H groups in total. The van der Waals surface area contributed by atoms with Gasteiger partial charge in [-0.25, -0.2) is 4.79 Å². The fraction of sp³-hybridized carbons (Fsp3) is 0.455. The van der Waals surface area contributed by atoms with E-state index in [0.717, 1.165) is 31.0 Å². The number of nitrogens with zero attached hydrogens (tertiary/aromatic N) is 1. The lowest BCUT2D eigenvalue weighted by Gasteiger charge is -2.55. The van der Waals surface area contributed by atoms with Gasteiger partial charge in [0.1, 0.15) is 0 Å². The Kier molecular flexibility index (Phi) is 4.74. The Hall–Kier alpha value is -2.19. The molecule has 0 unspecified atom stereocenters. The summed E-state index contributed by atoms with van der Waals surface area (Å²) in [6.07, 6.45) is 8.18. The molecular weight excluding hydrogens is 420 g/mol. The minimum Gasteiger partial charge on any atom is -0.478 e. The maximum atomic E-state index is 13.3. The fourth-order valence-electron chi connectivity index (χ4n) is 6.05. The predicted octanol–water partition coefficient (Wildman–Crippen LogP) is 3.83. The SMILES string of the molecule is O=C(O)c1ccc(/C=C2\SC(=S)N(NC(=O)C34CC5CC(CC(C5)C3)C4)C2=O)cc1. The van der Waals surface area contributed by atoms with Crippen LogP contribution in [0.1, 0.15) is 54.4 Å². The van der Waals surface area contributed by atoms with Gasteiger partial charge in [0, 0.05) is 0 Å². The van der Waals surface area contributed by atoms with Crippen LogP contribution in [0.25, 0.3) is 6.08 Å². The third-order valence-corrected chi connectivity index (χ3v) is 8.28. The highest BCUT2D eigenvalue weighted by Gasteiger charge is 2.55. The minimum atomic E-state index is -1.000. The number of thiocarbonyl (C=S) groups is 1. The number of thioether (sulfide) groups is 1. The topological polar surface area (TPSA) is 86.7 Å². The number of hydrogen-bond donors (Lipinski definition) is 2. The molecule has 1 aromatic carbocycles. The van der Waals surface area contributed by atoms with Crippen molar-refractivity contribution in [1.82, 2.24) is 10.4 Å². The zero-order valence-electron chi connectivity index (χ0n) is 16.3. The molecular formula is C22H22N2O4S2. The zero-order chi connectivity index (χ0) is 21.0. The lowest BCUT2D eigenvalue weighted by atomic mass is 9.49. The van der Waals surface area contributed by atoms with Crippen molar-refractivity contribution >= 4 is 52.2 Å². The Morgan fingerprint density at radius 2 is 1.67 bits per heavy atom. The number of nitrogens with one attached hydrogen (secondary N) is 1. The van der Waals surface area contributed by atoms with Gasteiger partial charge in [0.25, 0.3) is 5.91 Å². The predicted molar refractivity (Wildman–Crippen MR) is 117 cm³/mol.